The molecule has 0 fully saturated rings. The molecule has 8 nitrogen and oxygen atoms in total. The topological polar surface area (TPSA) is 89.5 Å². The lowest BCUT2D eigenvalue weighted by molar-refractivity contribution is -0.364. The summed E-state index contributed by atoms with van der Waals surface area (Å²) in [6.07, 6.45) is 2.15. The molecular weight excluding hydrogens is 392 g/mol. The van der Waals surface area contributed by atoms with Crippen LogP contribution in [0.15, 0.2) is 48.5 Å². The maximum absolute atomic E-state index is 12.3. The van der Waals surface area contributed by atoms with Crippen LogP contribution in [-0.2, 0) is 19.6 Å². The third kappa shape index (κ3) is 6.75. The number of para-hydroxylation sites is 2. The molecule has 30 heavy (non-hydrogen) atoms. The monoisotopic (exact) mass is 416 g/mol. The number of methoxy groups -OCH3 is 2. The van der Waals surface area contributed by atoms with Crippen LogP contribution in [0.4, 0.5) is 0 Å². The van der Waals surface area contributed by atoms with E-state index in [1.54, 1.807) is 36.4 Å². The van der Waals surface area contributed by atoms with Crippen molar-refractivity contribution in [1.29, 1.82) is 0 Å². The van der Waals surface area contributed by atoms with E-state index in [0.29, 0.717) is 24.3 Å². The van der Waals surface area contributed by atoms with E-state index in [2.05, 4.69) is 6.92 Å². The fourth-order valence-electron chi connectivity index (χ4n) is 2.43. The van der Waals surface area contributed by atoms with E-state index in [0.717, 1.165) is 6.42 Å². The molecule has 0 saturated carbocycles. The summed E-state index contributed by atoms with van der Waals surface area (Å²) < 4.78 is 10.2. The van der Waals surface area contributed by atoms with Crippen LogP contribution in [0, 0.1) is 13.2 Å². The van der Waals surface area contributed by atoms with Crippen LogP contribution in [0.3, 0.4) is 0 Å². The molecule has 0 bridgehead atoms. The van der Waals surface area contributed by atoms with Crippen LogP contribution in [0.1, 0.15) is 46.4 Å². The molecule has 0 amide bonds. The number of hydrogen-bond acceptors (Lipinski definition) is 8. The van der Waals surface area contributed by atoms with E-state index < -0.39 is 11.9 Å². The third-order valence-electron chi connectivity index (χ3n) is 3.96. The normalized spacial score (nSPS) is 10.5. The van der Waals surface area contributed by atoms with Gasteiger partial charge in [-0.1, -0.05) is 44.0 Å². The van der Waals surface area contributed by atoms with Crippen molar-refractivity contribution < 1.29 is 38.6 Å². The van der Waals surface area contributed by atoms with Gasteiger partial charge in [-0.2, -0.15) is 0 Å². The minimum absolute atomic E-state index is 0.170. The second-order valence-corrected chi connectivity index (χ2v) is 5.99. The fraction of sp³-hybridized carbons (Fsp3) is 0.273. The van der Waals surface area contributed by atoms with Gasteiger partial charge in [-0.15, -0.1) is 9.78 Å². The van der Waals surface area contributed by atoms with E-state index in [9.17, 15) is 9.59 Å². The molecule has 2 aromatic carbocycles. The van der Waals surface area contributed by atoms with Crippen molar-refractivity contribution >= 4 is 11.9 Å². The number of benzene rings is 2. The Kier molecular flexibility index (Phi) is 9.63. The fourth-order valence-corrected chi connectivity index (χ4v) is 2.43. The zero-order chi connectivity index (χ0) is 21.8. The number of ether oxygens (including phenoxy) is 2. The van der Waals surface area contributed by atoms with Gasteiger partial charge in [-0.05, 0) is 30.7 Å². The lowest BCUT2D eigenvalue weighted by Crippen LogP contribution is -2.17. The van der Waals surface area contributed by atoms with Crippen molar-refractivity contribution in [2.45, 2.75) is 25.7 Å². The van der Waals surface area contributed by atoms with Crippen molar-refractivity contribution in [3.8, 4) is 11.5 Å². The van der Waals surface area contributed by atoms with Crippen LogP contribution in [-0.4, -0.2) is 26.2 Å². The summed E-state index contributed by atoms with van der Waals surface area (Å²) in [7, 11) is 2.87. The second-order valence-electron chi connectivity index (χ2n) is 5.99. The number of carbonyl (C=O) groups excluding carboxylic acids is 2. The minimum atomic E-state index is -0.790. The zero-order valence-electron chi connectivity index (χ0n) is 16.9. The van der Waals surface area contributed by atoms with Crippen molar-refractivity contribution in [3.05, 3.63) is 72.9 Å². The van der Waals surface area contributed by atoms with Gasteiger partial charge in [0.1, 0.15) is 22.6 Å². The molecular formula is C22H24O8. The van der Waals surface area contributed by atoms with Crippen molar-refractivity contribution in [3.63, 3.8) is 0 Å². The Morgan fingerprint density at radius 2 is 1.20 bits per heavy atom. The maximum atomic E-state index is 12.3. The maximum Gasteiger partial charge on any atom is 0.376 e. The van der Waals surface area contributed by atoms with E-state index in [1.165, 1.54) is 26.4 Å². The summed E-state index contributed by atoms with van der Waals surface area (Å²) >= 11 is 0. The highest BCUT2D eigenvalue weighted by atomic mass is 17.3. The first-order valence-corrected chi connectivity index (χ1v) is 9.29. The first kappa shape index (κ1) is 23.2. The summed E-state index contributed by atoms with van der Waals surface area (Å²) in [5, 5.41) is 0. The molecule has 0 aliphatic heterocycles. The molecule has 0 heterocycles. The van der Waals surface area contributed by atoms with Gasteiger partial charge in [0.25, 0.3) is 0 Å². The van der Waals surface area contributed by atoms with Gasteiger partial charge in [0, 0.05) is 6.42 Å². The molecule has 0 aliphatic rings. The molecule has 0 aliphatic carbocycles. The van der Waals surface area contributed by atoms with Crippen LogP contribution in [0.25, 0.3) is 0 Å². The number of carbonyl (C=O) groups is 2. The Morgan fingerprint density at radius 3 is 1.63 bits per heavy atom. The van der Waals surface area contributed by atoms with Crippen molar-refractivity contribution in [2.75, 3.05) is 14.2 Å². The van der Waals surface area contributed by atoms with E-state index in [-0.39, 0.29) is 23.8 Å². The van der Waals surface area contributed by atoms with Gasteiger partial charge < -0.3 is 9.47 Å². The summed E-state index contributed by atoms with van der Waals surface area (Å²) in [4.78, 5) is 44.2. The van der Waals surface area contributed by atoms with Gasteiger partial charge >= 0.3 is 18.2 Å². The smallest absolute Gasteiger partial charge is 0.376 e. The average molecular weight is 416 g/mol. The Labute approximate surface area is 175 Å². The van der Waals surface area contributed by atoms with E-state index in [1.807, 2.05) is 0 Å². The Balaban J connectivity index is 1.97. The number of unbranched alkanes of at least 4 members (excludes halogenated alkanes) is 2. The highest BCUT2D eigenvalue weighted by Gasteiger charge is 2.23. The van der Waals surface area contributed by atoms with Crippen LogP contribution >= 0.6 is 0 Å². The molecule has 8 heteroatoms. The molecule has 0 aromatic heterocycles. The highest BCUT2D eigenvalue weighted by Crippen LogP contribution is 2.23. The summed E-state index contributed by atoms with van der Waals surface area (Å²) in [6.45, 7) is 3.76. The quantitative estimate of drug-likeness (QED) is 0.285. The number of hydrogen-bond donors (Lipinski definition) is 0. The van der Waals surface area contributed by atoms with Crippen molar-refractivity contribution in [2.24, 2.45) is 0 Å². The average Bonchev–Trinajstić information content (AvgIpc) is 2.79. The summed E-state index contributed by atoms with van der Waals surface area (Å²) in [5.74, 6) is -0.926. The Hall–Kier alpha value is -3.10. The third-order valence-corrected chi connectivity index (χ3v) is 3.96. The molecule has 0 spiro atoms. The van der Waals surface area contributed by atoms with Crippen LogP contribution < -0.4 is 9.47 Å². The number of rotatable bonds is 12. The second kappa shape index (κ2) is 12.5. The van der Waals surface area contributed by atoms with Crippen LogP contribution in [0.2, 0.25) is 0 Å². The van der Waals surface area contributed by atoms with Gasteiger partial charge in [-0.25, -0.2) is 9.59 Å². The van der Waals surface area contributed by atoms with Gasteiger partial charge in [0.2, 0.25) is 0 Å². The molecule has 160 valence electrons. The first-order valence-electron chi connectivity index (χ1n) is 9.29. The molecule has 2 radical (unpaired) electrons. The van der Waals surface area contributed by atoms with E-state index in [4.69, 9.17) is 29.0 Å². The molecule has 2 aromatic rings. The Morgan fingerprint density at radius 1 is 0.733 bits per heavy atom. The lowest BCUT2D eigenvalue weighted by atomic mass is 10.2. The van der Waals surface area contributed by atoms with Gasteiger partial charge in [-0.3, -0.25) is 9.78 Å². The van der Waals surface area contributed by atoms with Crippen molar-refractivity contribution in [1.82, 2.24) is 0 Å². The highest BCUT2D eigenvalue weighted by molar-refractivity contribution is 5.92. The van der Waals surface area contributed by atoms with Gasteiger partial charge in [0.15, 0.2) is 0 Å². The standard InChI is InChI=1S/C22H24O8/c1-4-5-6-15-20(27-29-21(23)16-11-7-9-13-18(16)25-2)28-30-22(24)17-12-8-10-14-19(17)26-3/h7-14H,1,4-6,15H2,2-3H3. The molecule has 0 atom stereocenters. The zero-order valence-corrected chi connectivity index (χ0v) is 16.9. The van der Waals surface area contributed by atoms with Crippen LogP contribution in [0.5, 0.6) is 11.5 Å². The largest absolute Gasteiger partial charge is 0.496 e. The van der Waals surface area contributed by atoms with Gasteiger partial charge in [0.05, 0.1) is 14.2 Å². The summed E-state index contributed by atoms with van der Waals surface area (Å²) in [6, 6.07) is 13.0. The molecule has 0 unspecified atom stereocenters. The minimum Gasteiger partial charge on any atom is -0.496 e. The predicted molar refractivity (Wildman–Crippen MR) is 106 cm³/mol. The molecule has 0 saturated heterocycles. The SMILES string of the molecule is [CH2]CCCC[C](OOC(=O)c1ccccc1OC)OOC(=O)c1ccccc1OC. The molecule has 2 rings (SSSR count). The predicted octanol–water partition coefficient (Wildman–Crippen LogP) is 4.46. The Bertz CT molecular complexity index is 757. The summed E-state index contributed by atoms with van der Waals surface area (Å²) in [5.41, 5.74) is 0.339. The molecule has 0 N–H and O–H groups in total. The first-order chi connectivity index (χ1) is 14.6. The van der Waals surface area contributed by atoms with E-state index >= 15 is 0 Å². The lowest BCUT2D eigenvalue weighted by Gasteiger charge is -2.14.